The molecule has 6 nitrogen and oxygen atoms in total. The molecule has 1 unspecified atom stereocenters. The molecule has 0 aromatic heterocycles. The molecule has 0 bridgehead atoms. The molecular weight excluding hydrogens is 513 g/mol. The molecule has 0 aliphatic carbocycles. The van der Waals surface area contributed by atoms with E-state index in [1.807, 2.05) is 37.3 Å². The smallest absolute Gasteiger partial charge is 0.272 e. The summed E-state index contributed by atoms with van der Waals surface area (Å²) in [7, 11) is 0. The first kappa shape index (κ1) is 27.3. The number of hydrogen-bond acceptors (Lipinski definition) is 4. The van der Waals surface area contributed by atoms with Crippen molar-refractivity contribution >= 4 is 46.9 Å². The molecular formula is C31H26FN3O3S. The summed E-state index contributed by atoms with van der Waals surface area (Å²) in [6.07, 6.45) is 1.48. The lowest BCUT2D eigenvalue weighted by Crippen LogP contribution is -2.30. The maximum Gasteiger partial charge on any atom is 0.272 e. The maximum absolute atomic E-state index is 13.4. The van der Waals surface area contributed by atoms with Crippen molar-refractivity contribution in [2.45, 2.75) is 17.1 Å². The van der Waals surface area contributed by atoms with Crippen molar-refractivity contribution in [3.8, 4) is 0 Å². The number of nitrogens with one attached hydrogen (secondary N) is 3. The summed E-state index contributed by atoms with van der Waals surface area (Å²) in [6, 6.07) is 30.4. The Balaban J connectivity index is 1.43. The minimum absolute atomic E-state index is 0.000109. The number of rotatable bonds is 9. The van der Waals surface area contributed by atoms with Crippen LogP contribution in [0.15, 0.2) is 120 Å². The van der Waals surface area contributed by atoms with E-state index in [2.05, 4.69) is 16.0 Å². The number of anilines is 2. The molecule has 3 N–H and O–H groups in total. The molecule has 0 saturated heterocycles. The summed E-state index contributed by atoms with van der Waals surface area (Å²) in [6.45, 7) is 1.82. The fourth-order valence-corrected chi connectivity index (χ4v) is 4.37. The van der Waals surface area contributed by atoms with E-state index in [9.17, 15) is 18.8 Å². The van der Waals surface area contributed by atoms with Gasteiger partial charge in [-0.1, -0.05) is 48.5 Å². The van der Waals surface area contributed by atoms with Gasteiger partial charge in [0.25, 0.3) is 11.8 Å². The highest BCUT2D eigenvalue weighted by Crippen LogP contribution is 2.26. The summed E-state index contributed by atoms with van der Waals surface area (Å²) in [5.74, 6) is -1.52. The van der Waals surface area contributed by atoms with E-state index in [1.165, 1.54) is 42.1 Å². The van der Waals surface area contributed by atoms with Gasteiger partial charge in [0.2, 0.25) is 5.91 Å². The lowest BCUT2D eigenvalue weighted by atomic mass is 10.1. The summed E-state index contributed by atoms with van der Waals surface area (Å²) in [5, 5.41) is 7.98. The van der Waals surface area contributed by atoms with Gasteiger partial charge in [0.15, 0.2) is 0 Å². The monoisotopic (exact) mass is 539 g/mol. The van der Waals surface area contributed by atoms with E-state index in [-0.39, 0.29) is 16.9 Å². The second-order valence-corrected chi connectivity index (χ2v) is 9.94. The number of carbonyl (C=O) groups excluding carboxylic acids is 3. The van der Waals surface area contributed by atoms with Gasteiger partial charge in [0, 0.05) is 21.8 Å². The standard InChI is InChI=1S/C31H26FN3O3S/c1-21(29(36)33-25-10-6-3-7-11-25)39-27-18-16-26(17-19-27)34-31(38)28(20-22-12-14-24(32)15-13-22)35-30(37)23-8-4-2-5-9-23/h2-21H,1H3,(H,33,36)(H,34,38)(H,35,37)/b28-20-. The van der Waals surface area contributed by atoms with Gasteiger partial charge in [-0.05, 0) is 79.2 Å². The number of hydrogen-bond donors (Lipinski definition) is 3. The zero-order valence-electron chi connectivity index (χ0n) is 21.1. The van der Waals surface area contributed by atoms with Crippen LogP contribution in [0.1, 0.15) is 22.8 Å². The first-order valence-electron chi connectivity index (χ1n) is 12.1. The van der Waals surface area contributed by atoms with E-state index in [0.717, 1.165) is 10.6 Å². The Labute approximate surface area is 230 Å². The Morgan fingerprint density at radius 2 is 1.33 bits per heavy atom. The van der Waals surface area contributed by atoms with Crippen molar-refractivity contribution in [3.05, 3.63) is 132 Å². The Hall–Kier alpha value is -4.69. The normalized spacial score (nSPS) is 11.8. The highest BCUT2D eigenvalue weighted by atomic mass is 32.2. The van der Waals surface area contributed by atoms with Crippen molar-refractivity contribution in [2.24, 2.45) is 0 Å². The molecule has 0 radical (unpaired) electrons. The molecule has 8 heteroatoms. The van der Waals surface area contributed by atoms with Crippen LogP contribution in [0, 0.1) is 5.82 Å². The first-order valence-corrected chi connectivity index (χ1v) is 13.0. The number of amides is 3. The molecule has 0 aliphatic rings. The molecule has 4 aromatic carbocycles. The van der Waals surface area contributed by atoms with Crippen molar-refractivity contribution < 1.29 is 18.8 Å². The number of para-hydroxylation sites is 1. The van der Waals surface area contributed by atoms with Crippen molar-refractivity contribution in [3.63, 3.8) is 0 Å². The lowest BCUT2D eigenvalue weighted by molar-refractivity contribution is -0.115. The van der Waals surface area contributed by atoms with Gasteiger partial charge in [-0.15, -0.1) is 11.8 Å². The predicted octanol–water partition coefficient (Wildman–Crippen LogP) is 6.35. The summed E-state index contributed by atoms with van der Waals surface area (Å²) in [4.78, 5) is 39.3. The largest absolute Gasteiger partial charge is 0.325 e. The molecule has 39 heavy (non-hydrogen) atoms. The zero-order chi connectivity index (χ0) is 27.6. The average molecular weight is 540 g/mol. The van der Waals surface area contributed by atoms with Crippen LogP contribution in [0.2, 0.25) is 0 Å². The molecule has 4 rings (SSSR count). The third kappa shape index (κ3) is 8.15. The second-order valence-electron chi connectivity index (χ2n) is 8.52. The van der Waals surface area contributed by atoms with Crippen LogP contribution in [0.25, 0.3) is 6.08 Å². The van der Waals surface area contributed by atoms with E-state index in [0.29, 0.717) is 16.8 Å². The van der Waals surface area contributed by atoms with E-state index < -0.39 is 17.6 Å². The van der Waals surface area contributed by atoms with Gasteiger partial charge in [-0.2, -0.15) is 0 Å². The van der Waals surface area contributed by atoms with Gasteiger partial charge < -0.3 is 16.0 Å². The third-order valence-electron chi connectivity index (χ3n) is 5.55. The van der Waals surface area contributed by atoms with Gasteiger partial charge in [0.05, 0.1) is 5.25 Å². The molecule has 0 spiro atoms. The van der Waals surface area contributed by atoms with Crippen LogP contribution in [0.5, 0.6) is 0 Å². The topological polar surface area (TPSA) is 87.3 Å². The fraction of sp³-hybridized carbons (Fsp3) is 0.0645. The SMILES string of the molecule is CC(Sc1ccc(NC(=O)/C(=C/c2ccc(F)cc2)NC(=O)c2ccccc2)cc1)C(=O)Nc1ccccc1. The average Bonchev–Trinajstić information content (AvgIpc) is 2.95. The van der Waals surface area contributed by atoms with Crippen LogP contribution in [0.4, 0.5) is 15.8 Å². The molecule has 196 valence electrons. The van der Waals surface area contributed by atoms with Gasteiger partial charge in [0.1, 0.15) is 11.5 Å². The molecule has 0 aliphatic heterocycles. The van der Waals surface area contributed by atoms with Crippen LogP contribution < -0.4 is 16.0 Å². The number of benzene rings is 4. The van der Waals surface area contributed by atoms with Crippen molar-refractivity contribution in [2.75, 3.05) is 10.6 Å². The Bertz CT molecular complexity index is 1460. The first-order chi connectivity index (χ1) is 18.9. The molecule has 0 heterocycles. The molecule has 0 saturated carbocycles. The van der Waals surface area contributed by atoms with Gasteiger partial charge in [-0.25, -0.2) is 4.39 Å². The van der Waals surface area contributed by atoms with Crippen molar-refractivity contribution in [1.82, 2.24) is 5.32 Å². The third-order valence-corrected chi connectivity index (χ3v) is 6.66. The Morgan fingerprint density at radius 1 is 0.744 bits per heavy atom. The zero-order valence-corrected chi connectivity index (χ0v) is 21.9. The van der Waals surface area contributed by atoms with Crippen LogP contribution in [0.3, 0.4) is 0 Å². The molecule has 1 atom stereocenters. The van der Waals surface area contributed by atoms with Crippen LogP contribution >= 0.6 is 11.8 Å². The highest BCUT2D eigenvalue weighted by Gasteiger charge is 2.17. The van der Waals surface area contributed by atoms with Crippen LogP contribution in [-0.4, -0.2) is 23.0 Å². The number of carbonyl (C=O) groups is 3. The number of thioether (sulfide) groups is 1. The van der Waals surface area contributed by atoms with Gasteiger partial charge >= 0.3 is 0 Å². The Morgan fingerprint density at radius 3 is 1.97 bits per heavy atom. The fourth-order valence-electron chi connectivity index (χ4n) is 3.51. The summed E-state index contributed by atoms with van der Waals surface area (Å²) < 4.78 is 13.4. The van der Waals surface area contributed by atoms with Gasteiger partial charge in [-0.3, -0.25) is 14.4 Å². The number of halogens is 1. The lowest BCUT2D eigenvalue weighted by Gasteiger charge is -2.13. The minimum Gasteiger partial charge on any atom is -0.325 e. The summed E-state index contributed by atoms with van der Waals surface area (Å²) in [5.41, 5.74) is 2.17. The Kier molecular flexibility index (Phi) is 9.26. The van der Waals surface area contributed by atoms with Crippen LogP contribution in [-0.2, 0) is 9.59 Å². The minimum atomic E-state index is -0.542. The van der Waals surface area contributed by atoms with E-state index in [4.69, 9.17) is 0 Å². The quantitative estimate of drug-likeness (QED) is 0.171. The second kappa shape index (κ2) is 13.2. The maximum atomic E-state index is 13.4. The van der Waals surface area contributed by atoms with Crippen molar-refractivity contribution in [1.29, 1.82) is 0 Å². The molecule has 3 amide bonds. The highest BCUT2D eigenvalue weighted by molar-refractivity contribution is 8.00. The van der Waals surface area contributed by atoms with E-state index >= 15 is 0 Å². The molecule has 0 fully saturated rings. The predicted molar refractivity (Wildman–Crippen MR) is 154 cm³/mol. The molecule has 4 aromatic rings. The summed E-state index contributed by atoms with van der Waals surface area (Å²) >= 11 is 1.39. The van der Waals surface area contributed by atoms with E-state index in [1.54, 1.807) is 54.6 Å².